The minimum atomic E-state index is -0.610. The monoisotopic (exact) mass is 443 g/mol. The fraction of sp³-hybridized carbons (Fsp3) is 0.375. The number of ether oxygens (including phenoxy) is 2. The normalized spacial score (nSPS) is 18.4. The number of piperidine rings is 1. The molecule has 0 saturated carbocycles. The number of nitrogens with zero attached hydrogens (tertiary/aromatic N) is 1. The van der Waals surface area contributed by atoms with Gasteiger partial charge in [-0.25, -0.2) is 4.79 Å². The van der Waals surface area contributed by atoms with Gasteiger partial charge in [0.1, 0.15) is 5.75 Å². The van der Waals surface area contributed by atoms with Crippen LogP contribution in [-0.4, -0.2) is 47.9 Å². The average Bonchev–Trinajstić information content (AvgIpc) is 2.76. The van der Waals surface area contributed by atoms with Crippen LogP contribution in [0.3, 0.4) is 0 Å². The molecule has 1 aliphatic heterocycles. The Morgan fingerprint density at radius 2 is 1.48 bits per heavy atom. The van der Waals surface area contributed by atoms with Gasteiger partial charge in [0.15, 0.2) is 19.0 Å². The Hall–Kier alpha value is -2.86. The minimum absolute atomic E-state index is 0.0381. The number of rotatable bonds is 7. The van der Waals surface area contributed by atoms with E-state index in [0.29, 0.717) is 21.9 Å². The first-order chi connectivity index (χ1) is 14.8. The predicted molar refractivity (Wildman–Crippen MR) is 118 cm³/mol. The summed E-state index contributed by atoms with van der Waals surface area (Å²) in [5.74, 6) is -0.478. The van der Waals surface area contributed by atoms with Crippen LogP contribution in [0.2, 0.25) is 5.02 Å². The van der Waals surface area contributed by atoms with Crippen molar-refractivity contribution in [3.05, 3.63) is 64.7 Å². The molecule has 0 bridgehead atoms. The molecule has 0 N–H and O–H groups in total. The van der Waals surface area contributed by atoms with Gasteiger partial charge in [-0.2, -0.15) is 0 Å². The summed E-state index contributed by atoms with van der Waals surface area (Å²) >= 11 is 5.80. The molecule has 6 nitrogen and oxygen atoms in total. The third-order valence-corrected chi connectivity index (χ3v) is 5.69. The van der Waals surface area contributed by atoms with Crippen molar-refractivity contribution in [1.29, 1.82) is 0 Å². The fourth-order valence-corrected chi connectivity index (χ4v) is 3.88. The van der Waals surface area contributed by atoms with Crippen molar-refractivity contribution in [3.8, 4) is 5.75 Å². The van der Waals surface area contributed by atoms with Crippen LogP contribution in [0.25, 0.3) is 0 Å². The fourth-order valence-electron chi connectivity index (χ4n) is 3.75. The molecule has 31 heavy (non-hydrogen) atoms. The molecule has 1 aliphatic rings. The number of hydrogen-bond acceptors (Lipinski definition) is 5. The second-order valence-electron chi connectivity index (χ2n) is 7.75. The average molecular weight is 444 g/mol. The number of carbonyl (C=O) groups excluding carboxylic acids is 3. The molecule has 7 heteroatoms. The van der Waals surface area contributed by atoms with Crippen LogP contribution in [0.4, 0.5) is 0 Å². The largest absolute Gasteiger partial charge is 0.484 e. The molecular weight excluding hydrogens is 418 g/mol. The number of likely N-dealkylation sites (tertiary alicyclic amines) is 1. The predicted octanol–water partition coefficient (Wildman–Crippen LogP) is 4.55. The molecule has 1 fully saturated rings. The van der Waals surface area contributed by atoms with Crippen LogP contribution >= 0.6 is 11.6 Å². The lowest BCUT2D eigenvalue weighted by Crippen LogP contribution is -2.49. The Morgan fingerprint density at radius 1 is 0.903 bits per heavy atom. The molecule has 2 atom stereocenters. The highest BCUT2D eigenvalue weighted by Crippen LogP contribution is 2.23. The number of esters is 1. The zero-order valence-electron chi connectivity index (χ0n) is 17.7. The topological polar surface area (TPSA) is 72.9 Å². The Kier molecular flexibility index (Phi) is 7.69. The van der Waals surface area contributed by atoms with Crippen LogP contribution in [0.5, 0.6) is 5.75 Å². The maximum Gasteiger partial charge on any atom is 0.338 e. The van der Waals surface area contributed by atoms with E-state index in [1.807, 2.05) is 4.90 Å². The van der Waals surface area contributed by atoms with Crippen molar-refractivity contribution < 1.29 is 23.9 Å². The van der Waals surface area contributed by atoms with Gasteiger partial charge in [0.05, 0.1) is 5.56 Å². The van der Waals surface area contributed by atoms with Crippen molar-refractivity contribution in [1.82, 2.24) is 4.90 Å². The minimum Gasteiger partial charge on any atom is -0.484 e. The summed E-state index contributed by atoms with van der Waals surface area (Å²) in [6.07, 6.45) is 3.15. The van der Waals surface area contributed by atoms with E-state index in [2.05, 4.69) is 13.8 Å². The zero-order valence-corrected chi connectivity index (χ0v) is 18.4. The van der Waals surface area contributed by atoms with Gasteiger partial charge >= 0.3 is 5.97 Å². The van der Waals surface area contributed by atoms with E-state index in [9.17, 15) is 14.4 Å². The van der Waals surface area contributed by atoms with Gasteiger partial charge in [0.25, 0.3) is 5.91 Å². The van der Waals surface area contributed by atoms with E-state index in [4.69, 9.17) is 21.1 Å². The summed E-state index contributed by atoms with van der Waals surface area (Å²) in [6, 6.07) is 13.1. The number of ketones is 1. The Bertz CT molecular complexity index is 916. The van der Waals surface area contributed by atoms with Crippen molar-refractivity contribution in [2.45, 2.75) is 45.2 Å². The number of halogens is 1. The first-order valence-electron chi connectivity index (χ1n) is 10.3. The molecule has 0 unspecified atom stereocenters. The number of carbonyl (C=O) groups is 3. The van der Waals surface area contributed by atoms with Crippen molar-refractivity contribution in [2.75, 3.05) is 13.2 Å². The molecule has 2 aromatic carbocycles. The summed E-state index contributed by atoms with van der Waals surface area (Å²) in [4.78, 5) is 38.7. The number of hydrogen-bond donors (Lipinski definition) is 0. The molecule has 1 saturated heterocycles. The number of benzene rings is 2. The van der Waals surface area contributed by atoms with Gasteiger partial charge in [-0.15, -0.1) is 0 Å². The summed E-state index contributed by atoms with van der Waals surface area (Å²) < 4.78 is 10.7. The smallest absolute Gasteiger partial charge is 0.338 e. The third-order valence-electron chi connectivity index (χ3n) is 5.43. The van der Waals surface area contributed by atoms with Crippen LogP contribution in [0.15, 0.2) is 48.5 Å². The van der Waals surface area contributed by atoms with Gasteiger partial charge in [-0.1, -0.05) is 11.6 Å². The van der Waals surface area contributed by atoms with Crippen molar-refractivity contribution >= 4 is 29.3 Å². The second-order valence-corrected chi connectivity index (χ2v) is 8.19. The maximum atomic E-state index is 12.5. The summed E-state index contributed by atoms with van der Waals surface area (Å²) in [6.45, 7) is 3.71. The quantitative estimate of drug-likeness (QED) is 0.463. The van der Waals surface area contributed by atoms with Gasteiger partial charge in [0.2, 0.25) is 0 Å². The van der Waals surface area contributed by atoms with Crippen molar-refractivity contribution in [3.63, 3.8) is 0 Å². The second kappa shape index (κ2) is 10.4. The zero-order chi connectivity index (χ0) is 22.4. The van der Waals surface area contributed by atoms with Crippen LogP contribution < -0.4 is 4.74 Å². The lowest BCUT2D eigenvalue weighted by molar-refractivity contribution is -0.139. The van der Waals surface area contributed by atoms with E-state index >= 15 is 0 Å². The SMILES string of the molecule is C[C@@H]1CCC[C@H](C)N1C(=O)COc1ccc(C(=O)OCC(=O)c2ccc(Cl)cc2)cc1. The first kappa shape index (κ1) is 22.8. The Morgan fingerprint density at radius 3 is 2.10 bits per heavy atom. The molecule has 2 aromatic rings. The number of amides is 1. The van der Waals surface area contributed by atoms with Gasteiger partial charge in [0, 0.05) is 22.7 Å². The van der Waals surface area contributed by atoms with Gasteiger partial charge in [-0.05, 0) is 81.6 Å². The summed E-state index contributed by atoms with van der Waals surface area (Å²) in [5.41, 5.74) is 0.712. The van der Waals surface area contributed by atoms with Gasteiger partial charge in [-0.3, -0.25) is 9.59 Å². The van der Waals surface area contributed by atoms with Crippen LogP contribution in [0.1, 0.15) is 53.8 Å². The molecule has 0 aliphatic carbocycles. The van der Waals surface area contributed by atoms with E-state index in [0.717, 1.165) is 19.3 Å². The third kappa shape index (κ3) is 6.07. The van der Waals surface area contributed by atoms with Crippen molar-refractivity contribution in [2.24, 2.45) is 0 Å². The van der Waals surface area contributed by atoms with E-state index < -0.39 is 5.97 Å². The van der Waals surface area contributed by atoms with E-state index in [-0.39, 0.29) is 37.0 Å². The highest BCUT2D eigenvalue weighted by Gasteiger charge is 2.29. The lowest BCUT2D eigenvalue weighted by atomic mass is 9.97. The standard InChI is InChI=1S/C24H26ClNO5/c1-16-4-3-5-17(2)26(16)23(28)15-30-21-12-8-19(9-13-21)24(29)31-14-22(27)18-6-10-20(25)11-7-18/h6-13,16-17H,3-5,14-15H2,1-2H3/t16-,17+. The van der Waals surface area contributed by atoms with E-state index in [1.54, 1.807) is 48.5 Å². The summed E-state index contributed by atoms with van der Waals surface area (Å²) in [7, 11) is 0. The molecule has 0 radical (unpaired) electrons. The van der Waals surface area contributed by atoms with E-state index in [1.165, 1.54) is 0 Å². The maximum absolute atomic E-state index is 12.5. The molecule has 1 heterocycles. The molecule has 1 amide bonds. The highest BCUT2D eigenvalue weighted by molar-refractivity contribution is 6.30. The Balaban J connectivity index is 1.49. The number of Topliss-reactive ketones (excluding diaryl/α,β-unsaturated/α-hetero) is 1. The molecule has 3 rings (SSSR count). The molecular formula is C24H26ClNO5. The van der Waals surface area contributed by atoms with Crippen LogP contribution in [0, 0.1) is 0 Å². The lowest BCUT2D eigenvalue weighted by Gasteiger charge is -2.38. The van der Waals surface area contributed by atoms with Crippen LogP contribution in [-0.2, 0) is 9.53 Å². The Labute approximate surface area is 187 Å². The highest BCUT2D eigenvalue weighted by atomic mass is 35.5. The first-order valence-corrected chi connectivity index (χ1v) is 10.7. The molecule has 0 spiro atoms. The van der Waals surface area contributed by atoms with Gasteiger partial charge < -0.3 is 14.4 Å². The summed E-state index contributed by atoms with van der Waals surface area (Å²) in [5, 5.41) is 0.525. The molecule has 0 aromatic heterocycles. The molecule has 164 valence electrons.